The van der Waals surface area contributed by atoms with E-state index in [-0.39, 0.29) is 63.7 Å². The molecule has 2 amide bonds. The number of rotatable bonds is 30. The Hall–Kier alpha value is -5.24. The Kier molecular flexibility index (Phi) is 22.1. The minimum absolute atomic E-state index is 0.00742. The van der Waals surface area contributed by atoms with Crippen molar-refractivity contribution in [2.75, 3.05) is 33.0 Å². The highest BCUT2D eigenvalue weighted by molar-refractivity contribution is 6.03. The van der Waals surface area contributed by atoms with Gasteiger partial charge in [-0.3, -0.25) is 4.90 Å². The van der Waals surface area contributed by atoms with Crippen LogP contribution in [-0.2, 0) is 27.4 Å². The molecule has 1 fully saturated rings. The van der Waals surface area contributed by atoms with Crippen LogP contribution in [0.25, 0.3) is 0 Å². The molecule has 1 aliphatic heterocycles. The molecule has 6 atom stereocenters. The Morgan fingerprint density at radius 1 is 0.871 bits per heavy atom. The molecule has 0 bridgehead atoms. The van der Waals surface area contributed by atoms with Crippen LogP contribution in [0.1, 0.15) is 146 Å². The zero-order chi connectivity index (χ0) is 49.6. The predicted molar refractivity (Wildman–Crippen MR) is 271 cm³/mol. The quantitative estimate of drug-likeness (QED) is 0.0337. The van der Waals surface area contributed by atoms with Gasteiger partial charge in [0.1, 0.15) is 30.0 Å². The van der Waals surface area contributed by atoms with Crippen molar-refractivity contribution in [3.63, 3.8) is 0 Å². The molecule has 70 heavy (non-hydrogen) atoms. The molecule has 1 heterocycles. The molecule has 3 aromatic carbocycles. The van der Waals surface area contributed by atoms with Crippen molar-refractivity contribution in [1.29, 1.82) is 0 Å². The van der Waals surface area contributed by atoms with E-state index in [1.54, 1.807) is 29.2 Å². The van der Waals surface area contributed by atoms with Crippen LogP contribution in [0.15, 0.2) is 102 Å². The first-order valence-corrected chi connectivity index (χ1v) is 26.1. The second-order valence-electron chi connectivity index (χ2n) is 19.0. The van der Waals surface area contributed by atoms with E-state index in [9.17, 15) is 24.2 Å². The topological polar surface area (TPSA) is 148 Å². The third-order valence-electron chi connectivity index (χ3n) is 14.0. The molecule has 6 rings (SSSR count). The summed E-state index contributed by atoms with van der Waals surface area (Å²) in [7, 11) is 0. The van der Waals surface area contributed by atoms with Gasteiger partial charge < -0.3 is 39.3 Å². The van der Waals surface area contributed by atoms with Crippen LogP contribution in [0.4, 0.5) is 14.0 Å². The van der Waals surface area contributed by atoms with E-state index in [2.05, 4.69) is 24.9 Å². The maximum absolute atomic E-state index is 14.9. The van der Waals surface area contributed by atoms with E-state index in [0.717, 1.165) is 68.1 Å². The Balaban J connectivity index is 1.42. The van der Waals surface area contributed by atoms with Crippen molar-refractivity contribution in [2.24, 2.45) is 22.9 Å². The zero-order valence-electron chi connectivity index (χ0n) is 41.7. The van der Waals surface area contributed by atoms with Crippen LogP contribution in [0.3, 0.4) is 0 Å². The van der Waals surface area contributed by atoms with Gasteiger partial charge in [-0.1, -0.05) is 137 Å². The fourth-order valence-corrected chi connectivity index (χ4v) is 10.7. The number of hydrogen-bond donors (Lipinski definition) is 3. The average molecular weight is 968 g/mol. The summed E-state index contributed by atoms with van der Waals surface area (Å²) >= 11 is 0. The fraction of sp³-hybridized carbons (Fsp3) is 0.561. The van der Waals surface area contributed by atoms with Crippen LogP contribution in [0.5, 0.6) is 11.5 Å². The molecule has 0 saturated heterocycles. The lowest BCUT2D eigenvalue weighted by atomic mass is 9.55. The minimum atomic E-state index is -1.54. The van der Waals surface area contributed by atoms with Crippen molar-refractivity contribution in [1.82, 2.24) is 10.2 Å². The van der Waals surface area contributed by atoms with E-state index in [1.807, 2.05) is 49.4 Å². The van der Waals surface area contributed by atoms with Crippen molar-refractivity contribution in [3.8, 4) is 11.5 Å². The number of ether oxygens (including phenoxy) is 4. The Morgan fingerprint density at radius 2 is 1.57 bits per heavy atom. The molecular weight excluding hydrogens is 890 g/mol. The molecular formula is C57H78FN3O9. The second-order valence-corrected chi connectivity index (χ2v) is 19.0. The van der Waals surface area contributed by atoms with Gasteiger partial charge in [-0.2, -0.15) is 0 Å². The molecule has 0 radical (unpaired) electrons. The first-order valence-electron chi connectivity index (χ1n) is 26.1. The van der Waals surface area contributed by atoms with E-state index < -0.39 is 35.8 Å². The lowest BCUT2D eigenvalue weighted by Crippen LogP contribution is -2.70. The Bertz CT molecular complexity index is 2130. The van der Waals surface area contributed by atoms with Gasteiger partial charge in [0.05, 0.1) is 24.8 Å². The molecule has 12 nitrogen and oxygen atoms in total. The lowest BCUT2D eigenvalue weighted by Gasteiger charge is -2.59. The smallest absolute Gasteiger partial charge is 0.412 e. The number of carbonyl (C=O) groups excluding carboxylic acids is 2. The summed E-state index contributed by atoms with van der Waals surface area (Å²) in [5.74, 6) is -2.05. The molecule has 13 heteroatoms. The number of carbonyl (C=O) groups is 2. The predicted octanol–water partition coefficient (Wildman–Crippen LogP) is 12.3. The number of nitrogens with zero attached hydrogens (tertiary/aromatic N) is 2. The molecule has 3 aromatic rings. The third kappa shape index (κ3) is 14.7. The van der Waals surface area contributed by atoms with Crippen LogP contribution >= 0.6 is 0 Å². The highest BCUT2D eigenvalue weighted by Gasteiger charge is 2.65. The van der Waals surface area contributed by atoms with Gasteiger partial charge in [0.15, 0.2) is 0 Å². The van der Waals surface area contributed by atoms with Crippen molar-refractivity contribution < 1.29 is 48.0 Å². The summed E-state index contributed by atoms with van der Waals surface area (Å²) in [6.45, 7) is 9.23. The van der Waals surface area contributed by atoms with Crippen LogP contribution in [-0.4, -0.2) is 77.9 Å². The maximum Gasteiger partial charge on any atom is 0.412 e. The SMILES string of the molecule is C=CCO[C@@]12Oc3ccc(OC(=O)NCc4ccccc4)cc3[C@H]3[C@H](CCCCO)[C@@H](CCCCO)C=C(C(=NOCC)C[C@@H]1N(Cc1ccc(F)cc1)C(=O)OCCCCCCCCCCCC)[C@H]32. The summed E-state index contributed by atoms with van der Waals surface area (Å²) in [4.78, 5) is 35.8. The number of hydrogen-bond acceptors (Lipinski definition) is 10. The van der Waals surface area contributed by atoms with Crippen molar-refractivity contribution in [2.45, 2.75) is 154 Å². The summed E-state index contributed by atoms with van der Waals surface area (Å²) in [6, 6.07) is 20.3. The Morgan fingerprint density at radius 3 is 2.26 bits per heavy atom. The number of allylic oxidation sites excluding steroid dienone is 1. The van der Waals surface area contributed by atoms with Crippen LogP contribution < -0.4 is 14.8 Å². The number of halogens is 1. The molecule has 3 aliphatic rings. The molecule has 0 aromatic heterocycles. The average Bonchev–Trinajstić information content (AvgIpc) is 3.37. The normalized spacial score (nSPS) is 21.7. The van der Waals surface area contributed by atoms with Gasteiger partial charge in [0.2, 0.25) is 5.79 Å². The number of oxime groups is 1. The first kappa shape index (κ1) is 54.1. The summed E-state index contributed by atoms with van der Waals surface area (Å²) < 4.78 is 41.0. The summed E-state index contributed by atoms with van der Waals surface area (Å²) in [5.41, 5.74) is 3.96. The lowest BCUT2D eigenvalue weighted by molar-refractivity contribution is -0.256. The van der Waals surface area contributed by atoms with E-state index in [0.29, 0.717) is 42.2 Å². The van der Waals surface area contributed by atoms with Gasteiger partial charge in [-0.05, 0) is 97.9 Å². The van der Waals surface area contributed by atoms with E-state index in [4.69, 9.17) is 28.9 Å². The molecule has 382 valence electrons. The van der Waals surface area contributed by atoms with Gasteiger partial charge in [-0.25, -0.2) is 14.0 Å². The summed E-state index contributed by atoms with van der Waals surface area (Å²) in [5, 5.41) is 27.6. The van der Waals surface area contributed by atoms with Crippen LogP contribution in [0.2, 0.25) is 0 Å². The van der Waals surface area contributed by atoms with E-state index >= 15 is 0 Å². The number of fused-ring (bicyclic) bond motifs is 2. The number of benzene rings is 3. The number of aliphatic hydroxyl groups is 2. The maximum atomic E-state index is 14.9. The first-order chi connectivity index (χ1) is 34.3. The summed E-state index contributed by atoms with van der Waals surface area (Å²) in [6.07, 6.45) is 18.7. The van der Waals surface area contributed by atoms with Gasteiger partial charge in [0.25, 0.3) is 0 Å². The van der Waals surface area contributed by atoms with Gasteiger partial charge in [0, 0.05) is 44.2 Å². The molecule has 2 aliphatic carbocycles. The van der Waals surface area contributed by atoms with Crippen molar-refractivity contribution >= 4 is 17.9 Å². The largest absolute Gasteiger partial charge is 0.459 e. The molecule has 0 unspecified atom stereocenters. The number of unbranched alkanes of at least 4 members (excludes halogenated alkanes) is 11. The van der Waals surface area contributed by atoms with Gasteiger partial charge in [-0.15, -0.1) is 6.58 Å². The zero-order valence-corrected chi connectivity index (χ0v) is 41.7. The third-order valence-corrected chi connectivity index (χ3v) is 14.0. The monoisotopic (exact) mass is 968 g/mol. The Labute approximate surface area is 415 Å². The van der Waals surface area contributed by atoms with Crippen molar-refractivity contribution in [3.05, 3.63) is 120 Å². The number of amides is 2. The molecule has 3 N–H and O–H groups in total. The van der Waals surface area contributed by atoms with E-state index in [1.165, 1.54) is 50.7 Å². The standard InChI is InChI=1S/C57H78FN3O9/c1-4-7-8-9-10-11-12-13-14-22-36-66-56(65)61(41-43-27-29-45(58)30-28-43)52-39-50(60-68-6-3)48-37-44(25-18-20-33-62)47(26-19-21-34-63)53-49-38-46(69-55(64)59-40-42-23-16-15-17-24-42)31-32-51(49)70-57(52,54(48)53)67-35-5-2/h5,15-17,23-24,27-32,37-38,44,47,52-54,62-63H,2,4,6-14,18-22,25-26,33-36,39-41H2,1,3H3,(H,59,64)/t44-,47+,52-,53+,54+,57+/m0/s1. The molecule has 0 spiro atoms. The highest BCUT2D eigenvalue weighted by Crippen LogP contribution is 2.62. The highest BCUT2D eigenvalue weighted by atomic mass is 19.1. The second kappa shape index (κ2) is 28.6. The van der Waals surface area contributed by atoms with Gasteiger partial charge >= 0.3 is 12.2 Å². The number of nitrogens with one attached hydrogen (secondary N) is 1. The fourth-order valence-electron chi connectivity index (χ4n) is 10.7. The molecule has 1 saturated carbocycles. The minimum Gasteiger partial charge on any atom is -0.459 e. The number of aliphatic hydroxyl groups excluding tert-OH is 2. The van der Waals surface area contributed by atoms with Crippen LogP contribution in [0, 0.1) is 23.6 Å².